The van der Waals surface area contributed by atoms with Crippen molar-refractivity contribution >= 4 is 5.82 Å². The summed E-state index contributed by atoms with van der Waals surface area (Å²) in [6.45, 7) is 1.71. The molecule has 0 unspecified atom stereocenters. The molecule has 2 atom stereocenters. The Morgan fingerprint density at radius 2 is 2.17 bits per heavy atom. The highest BCUT2D eigenvalue weighted by Gasteiger charge is 2.31. The standard InChI is InChI=1S/C16H18N6O/c17-5-13-7-19-15(8-18-13)21-14-3-4-23-16(14)12-6-20-22(10-12)9-11-1-2-11/h6-8,10-11,14,16H,1-4,9H2,(H,19,21)/t14-,16+/m0/s1. The van der Waals surface area contributed by atoms with Gasteiger partial charge in [0.05, 0.1) is 24.6 Å². The summed E-state index contributed by atoms with van der Waals surface area (Å²) in [5, 5.41) is 16.6. The van der Waals surface area contributed by atoms with E-state index in [-0.39, 0.29) is 12.1 Å². The fourth-order valence-electron chi connectivity index (χ4n) is 2.91. The van der Waals surface area contributed by atoms with Gasteiger partial charge in [-0.2, -0.15) is 10.4 Å². The summed E-state index contributed by atoms with van der Waals surface area (Å²) in [7, 11) is 0. The highest BCUT2D eigenvalue weighted by Crippen LogP contribution is 2.33. The van der Waals surface area contributed by atoms with E-state index in [1.807, 2.05) is 16.9 Å². The van der Waals surface area contributed by atoms with E-state index in [1.54, 1.807) is 6.20 Å². The average molecular weight is 310 g/mol. The minimum absolute atomic E-state index is 0.0274. The van der Waals surface area contributed by atoms with Gasteiger partial charge in [-0.25, -0.2) is 9.97 Å². The molecule has 1 N–H and O–H groups in total. The maximum Gasteiger partial charge on any atom is 0.158 e. The second kappa shape index (κ2) is 5.97. The topological polar surface area (TPSA) is 88.6 Å². The number of nitrogens with one attached hydrogen (secondary N) is 1. The van der Waals surface area contributed by atoms with E-state index in [4.69, 9.17) is 10.00 Å². The smallest absolute Gasteiger partial charge is 0.158 e. The van der Waals surface area contributed by atoms with Gasteiger partial charge in [0, 0.05) is 24.9 Å². The van der Waals surface area contributed by atoms with Crippen LogP contribution in [0.15, 0.2) is 24.8 Å². The van der Waals surface area contributed by atoms with Crippen LogP contribution in [0, 0.1) is 17.2 Å². The number of rotatable bonds is 5. The Kier molecular flexibility index (Phi) is 3.67. The number of anilines is 1. The van der Waals surface area contributed by atoms with Gasteiger partial charge in [0.2, 0.25) is 0 Å². The molecule has 23 heavy (non-hydrogen) atoms. The Bertz CT molecular complexity index is 715. The molecule has 0 spiro atoms. The zero-order valence-electron chi connectivity index (χ0n) is 12.7. The molecule has 4 rings (SSSR count). The summed E-state index contributed by atoms with van der Waals surface area (Å²) >= 11 is 0. The van der Waals surface area contributed by atoms with Crippen molar-refractivity contribution in [2.75, 3.05) is 11.9 Å². The molecule has 1 saturated heterocycles. The molecule has 3 heterocycles. The van der Waals surface area contributed by atoms with Crippen molar-refractivity contribution in [3.8, 4) is 6.07 Å². The lowest BCUT2D eigenvalue weighted by atomic mass is 10.1. The van der Waals surface area contributed by atoms with Crippen LogP contribution in [0.5, 0.6) is 0 Å². The SMILES string of the molecule is N#Cc1cnc(N[C@H]2CCO[C@@H]2c2cnn(CC3CC3)c2)cn1. The first-order valence-corrected chi connectivity index (χ1v) is 7.94. The van der Waals surface area contributed by atoms with E-state index in [0.717, 1.165) is 24.4 Å². The van der Waals surface area contributed by atoms with Crippen LogP contribution >= 0.6 is 0 Å². The first-order valence-electron chi connectivity index (χ1n) is 7.94. The molecule has 2 aromatic heterocycles. The normalized spacial score (nSPS) is 23.6. The van der Waals surface area contributed by atoms with Gasteiger partial charge in [-0.05, 0) is 25.2 Å². The van der Waals surface area contributed by atoms with Gasteiger partial charge >= 0.3 is 0 Å². The molecule has 118 valence electrons. The van der Waals surface area contributed by atoms with Gasteiger partial charge in [0.1, 0.15) is 18.0 Å². The van der Waals surface area contributed by atoms with Gasteiger partial charge in [-0.15, -0.1) is 0 Å². The monoisotopic (exact) mass is 310 g/mol. The highest BCUT2D eigenvalue weighted by atomic mass is 16.5. The van der Waals surface area contributed by atoms with Crippen LogP contribution in [0.25, 0.3) is 0 Å². The second-order valence-electron chi connectivity index (χ2n) is 6.17. The molecular formula is C16H18N6O. The largest absolute Gasteiger partial charge is 0.371 e. The zero-order chi connectivity index (χ0) is 15.6. The van der Waals surface area contributed by atoms with Gasteiger partial charge in [-0.3, -0.25) is 4.68 Å². The third kappa shape index (κ3) is 3.17. The van der Waals surface area contributed by atoms with Crippen LogP contribution in [-0.2, 0) is 11.3 Å². The maximum atomic E-state index is 8.77. The van der Waals surface area contributed by atoms with Gasteiger partial charge < -0.3 is 10.1 Å². The Labute approximate surface area is 134 Å². The molecular weight excluding hydrogens is 292 g/mol. The van der Waals surface area contributed by atoms with Crippen LogP contribution in [0.2, 0.25) is 0 Å². The van der Waals surface area contributed by atoms with Gasteiger partial charge in [0.15, 0.2) is 5.69 Å². The molecule has 2 aliphatic rings. The molecule has 0 bridgehead atoms. The van der Waals surface area contributed by atoms with Crippen molar-refractivity contribution in [1.82, 2.24) is 19.7 Å². The van der Waals surface area contributed by atoms with Crippen molar-refractivity contribution < 1.29 is 4.74 Å². The molecule has 7 nitrogen and oxygen atoms in total. The first-order chi connectivity index (χ1) is 11.3. The third-order valence-electron chi connectivity index (χ3n) is 4.32. The molecule has 0 aromatic carbocycles. The molecule has 2 fully saturated rings. The summed E-state index contributed by atoms with van der Waals surface area (Å²) in [6.07, 6.45) is 10.6. The molecule has 1 saturated carbocycles. The summed E-state index contributed by atoms with van der Waals surface area (Å²) in [6, 6.07) is 2.10. The van der Waals surface area contributed by atoms with Crippen molar-refractivity contribution in [2.45, 2.75) is 38.0 Å². The number of ether oxygens (including phenoxy) is 1. The Balaban J connectivity index is 1.45. The van der Waals surface area contributed by atoms with E-state index in [2.05, 4.69) is 26.6 Å². The number of aromatic nitrogens is 4. The van der Waals surface area contributed by atoms with Gasteiger partial charge in [0.25, 0.3) is 0 Å². The first kappa shape index (κ1) is 14.2. The van der Waals surface area contributed by atoms with Crippen molar-refractivity contribution in [1.29, 1.82) is 5.26 Å². The predicted octanol–water partition coefficient (Wildman–Crippen LogP) is 1.90. The Morgan fingerprint density at radius 3 is 2.91 bits per heavy atom. The van der Waals surface area contributed by atoms with Crippen LogP contribution in [0.1, 0.15) is 36.6 Å². The Morgan fingerprint density at radius 1 is 1.26 bits per heavy atom. The molecule has 7 heteroatoms. The fourth-order valence-corrected chi connectivity index (χ4v) is 2.91. The van der Waals surface area contributed by atoms with Crippen molar-refractivity contribution in [3.05, 3.63) is 36.0 Å². The number of nitrogens with zero attached hydrogens (tertiary/aromatic N) is 5. The number of hydrogen-bond donors (Lipinski definition) is 1. The lowest BCUT2D eigenvalue weighted by Gasteiger charge is -2.19. The van der Waals surface area contributed by atoms with Crippen molar-refractivity contribution in [3.63, 3.8) is 0 Å². The number of hydrogen-bond acceptors (Lipinski definition) is 6. The molecule has 2 aromatic rings. The second-order valence-corrected chi connectivity index (χ2v) is 6.17. The van der Waals surface area contributed by atoms with Crippen LogP contribution in [-0.4, -0.2) is 32.4 Å². The molecule has 1 aliphatic carbocycles. The van der Waals surface area contributed by atoms with E-state index in [1.165, 1.54) is 19.0 Å². The lowest BCUT2D eigenvalue weighted by Crippen LogP contribution is -2.23. The van der Waals surface area contributed by atoms with E-state index < -0.39 is 0 Å². The average Bonchev–Trinajstić information content (AvgIpc) is 3.07. The van der Waals surface area contributed by atoms with E-state index in [0.29, 0.717) is 18.1 Å². The predicted molar refractivity (Wildman–Crippen MR) is 82.4 cm³/mol. The van der Waals surface area contributed by atoms with Crippen molar-refractivity contribution in [2.24, 2.45) is 5.92 Å². The highest BCUT2D eigenvalue weighted by molar-refractivity contribution is 5.36. The third-order valence-corrected chi connectivity index (χ3v) is 4.32. The van der Waals surface area contributed by atoms with Crippen LogP contribution in [0.3, 0.4) is 0 Å². The minimum atomic E-state index is -0.0274. The molecule has 0 amide bonds. The molecule has 1 aliphatic heterocycles. The summed E-state index contributed by atoms with van der Waals surface area (Å²) in [5.74, 6) is 1.46. The quantitative estimate of drug-likeness (QED) is 0.907. The minimum Gasteiger partial charge on any atom is -0.371 e. The Hall–Kier alpha value is -2.46. The summed E-state index contributed by atoms with van der Waals surface area (Å²) < 4.78 is 7.91. The van der Waals surface area contributed by atoms with E-state index >= 15 is 0 Å². The van der Waals surface area contributed by atoms with Gasteiger partial charge in [-0.1, -0.05) is 0 Å². The summed E-state index contributed by atoms with van der Waals surface area (Å²) in [4.78, 5) is 8.26. The maximum absolute atomic E-state index is 8.77. The van der Waals surface area contributed by atoms with E-state index in [9.17, 15) is 0 Å². The van der Waals surface area contributed by atoms with Crippen LogP contribution < -0.4 is 5.32 Å². The lowest BCUT2D eigenvalue weighted by molar-refractivity contribution is 0.107. The fraction of sp³-hybridized carbons (Fsp3) is 0.500. The summed E-state index contributed by atoms with van der Waals surface area (Å²) in [5.41, 5.74) is 1.42. The van der Waals surface area contributed by atoms with Crippen LogP contribution in [0.4, 0.5) is 5.82 Å². The number of nitriles is 1. The zero-order valence-corrected chi connectivity index (χ0v) is 12.7. The molecule has 0 radical (unpaired) electrons.